The Morgan fingerprint density at radius 2 is 1.84 bits per heavy atom. The van der Waals surface area contributed by atoms with Gasteiger partial charge in [0.05, 0.1) is 23.7 Å². The second-order valence-electron chi connectivity index (χ2n) is 7.86. The van der Waals surface area contributed by atoms with E-state index in [0.29, 0.717) is 0 Å². The molecule has 0 saturated heterocycles. The minimum absolute atomic E-state index is 0.0454. The van der Waals surface area contributed by atoms with Crippen molar-refractivity contribution in [1.82, 2.24) is 19.7 Å². The van der Waals surface area contributed by atoms with Crippen molar-refractivity contribution in [2.75, 3.05) is 5.75 Å². The maximum Gasteiger partial charge on any atom is 0.233 e. The van der Waals surface area contributed by atoms with Gasteiger partial charge in [0, 0.05) is 33.6 Å². The topological polar surface area (TPSA) is 68.9 Å². The quantitative estimate of drug-likeness (QED) is 0.395. The monoisotopic (exact) mass is 466 g/mol. The first-order valence-electron chi connectivity index (χ1n) is 10.5. The predicted molar refractivity (Wildman–Crippen MR) is 130 cm³/mol. The Hall–Kier alpha value is -2.97. The first-order valence-corrected chi connectivity index (χ1v) is 12.8. The summed E-state index contributed by atoms with van der Waals surface area (Å²) in [4.78, 5) is 13.8. The molecular weight excluding hydrogens is 440 g/mol. The van der Waals surface area contributed by atoms with Gasteiger partial charge in [-0.05, 0) is 41.6 Å². The van der Waals surface area contributed by atoms with Gasteiger partial charge in [0.25, 0.3) is 0 Å². The summed E-state index contributed by atoms with van der Waals surface area (Å²) >= 11 is 1.62. The zero-order chi connectivity index (χ0) is 22.5. The van der Waals surface area contributed by atoms with E-state index < -0.39 is 10.8 Å². The van der Waals surface area contributed by atoms with Gasteiger partial charge in [-0.1, -0.05) is 38.1 Å². The zero-order valence-corrected chi connectivity index (χ0v) is 19.7. The molecule has 0 radical (unpaired) electrons. The fourth-order valence-corrected chi connectivity index (χ4v) is 5.58. The molecule has 4 aromatic rings. The molecule has 0 fully saturated rings. The number of nitrogens with one attached hydrogen (secondary N) is 1. The highest BCUT2D eigenvalue weighted by Gasteiger charge is 2.22. The number of hydrogen-bond acceptors (Lipinski definition) is 4. The maximum atomic E-state index is 12.9. The molecule has 0 bridgehead atoms. The van der Waals surface area contributed by atoms with Crippen LogP contribution in [0.3, 0.4) is 0 Å². The summed E-state index contributed by atoms with van der Waals surface area (Å²) in [5.74, 6) is 1.08. The first-order chi connectivity index (χ1) is 15.5. The van der Waals surface area contributed by atoms with Gasteiger partial charge < -0.3 is 9.88 Å². The van der Waals surface area contributed by atoms with Crippen molar-refractivity contribution in [3.8, 4) is 11.5 Å². The summed E-state index contributed by atoms with van der Waals surface area (Å²) in [6, 6.07) is 17.6. The number of para-hydroxylation sites is 1. The number of amides is 1. The Labute approximate surface area is 194 Å². The van der Waals surface area contributed by atoms with E-state index in [2.05, 4.69) is 24.3 Å². The van der Waals surface area contributed by atoms with E-state index in [0.717, 1.165) is 21.9 Å². The Balaban J connectivity index is 1.50. The van der Waals surface area contributed by atoms with Crippen LogP contribution in [0.25, 0.3) is 11.5 Å². The van der Waals surface area contributed by atoms with Crippen molar-refractivity contribution in [3.05, 3.63) is 89.0 Å². The third-order valence-electron chi connectivity index (χ3n) is 5.11. The van der Waals surface area contributed by atoms with Gasteiger partial charge in [0.15, 0.2) is 0 Å². The fourth-order valence-electron chi connectivity index (χ4n) is 3.61. The van der Waals surface area contributed by atoms with Crippen molar-refractivity contribution < 1.29 is 9.00 Å². The van der Waals surface area contributed by atoms with Gasteiger partial charge in [-0.2, -0.15) is 5.10 Å². The van der Waals surface area contributed by atoms with Crippen LogP contribution in [0.2, 0.25) is 0 Å². The summed E-state index contributed by atoms with van der Waals surface area (Å²) < 4.78 is 16.7. The number of rotatable bonds is 9. The van der Waals surface area contributed by atoms with Gasteiger partial charge in [0.1, 0.15) is 11.6 Å². The second-order valence-corrected chi connectivity index (χ2v) is 10.3. The number of thiophene rings is 1. The lowest BCUT2D eigenvalue weighted by Crippen LogP contribution is -2.34. The molecule has 8 heteroatoms. The summed E-state index contributed by atoms with van der Waals surface area (Å²) in [7, 11) is -1.37. The third-order valence-corrected chi connectivity index (χ3v) is 7.28. The van der Waals surface area contributed by atoms with Crippen molar-refractivity contribution in [3.63, 3.8) is 0 Å². The molecule has 6 nitrogen and oxygen atoms in total. The van der Waals surface area contributed by atoms with Crippen LogP contribution < -0.4 is 5.32 Å². The van der Waals surface area contributed by atoms with Crippen LogP contribution in [0.5, 0.6) is 0 Å². The Morgan fingerprint density at radius 1 is 1.09 bits per heavy atom. The minimum atomic E-state index is -1.37. The lowest BCUT2D eigenvalue weighted by molar-refractivity contribution is -0.119. The first kappa shape index (κ1) is 22.2. The van der Waals surface area contributed by atoms with Gasteiger partial charge in [0.2, 0.25) is 5.91 Å². The molecule has 3 heterocycles. The van der Waals surface area contributed by atoms with E-state index in [1.807, 2.05) is 81.6 Å². The normalized spacial score (nSPS) is 13.2. The van der Waals surface area contributed by atoms with Gasteiger partial charge in [-0.3, -0.25) is 9.00 Å². The van der Waals surface area contributed by atoms with Crippen LogP contribution >= 0.6 is 11.3 Å². The molecular formula is C24H26N4O2S2. The predicted octanol–water partition coefficient (Wildman–Crippen LogP) is 4.49. The van der Waals surface area contributed by atoms with Crippen LogP contribution in [0.4, 0.5) is 0 Å². The maximum absolute atomic E-state index is 12.9. The number of aromatic nitrogens is 3. The Kier molecular flexibility index (Phi) is 7.02. The average Bonchev–Trinajstić information content (AvgIpc) is 3.53. The van der Waals surface area contributed by atoms with Crippen LogP contribution in [-0.2, 0) is 21.3 Å². The number of benzene rings is 1. The smallest absolute Gasteiger partial charge is 0.233 e. The molecule has 0 spiro atoms. The van der Waals surface area contributed by atoms with Crippen LogP contribution in [0.1, 0.15) is 30.3 Å². The lowest BCUT2D eigenvalue weighted by atomic mass is 10.0. The minimum Gasteiger partial charge on any atom is -0.347 e. The molecule has 0 aliphatic rings. The van der Waals surface area contributed by atoms with E-state index in [9.17, 15) is 9.00 Å². The highest BCUT2D eigenvalue weighted by molar-refractivity contribution is 7.84. The van der Waals surface area contributed by atoms with Crippen LogP contribution in [0, 0.1) is 5.92 Å². The highest BCUT2D eigenvalue weighted by Crippen LogP contribution is 2.26. The van der Waals surface area contributed by atoms with Gasteiger partial charge in [-0.15, -0.1) is 11.3 Å². The second kappa shape index (κ2) is 10.1. The molecule has 3 aromatic heterocycles. The van der Waals surface area contributed by atoms with E-state index in [1.54, 1.807) is 17.5 Å². The zero-order valence-electron chi connectivity index (χ0n) is 18.0. The third kappa shape index (κ3) is 5.08. The number of hydrogen-bond donors (Lipinski definition) is 1. The molecule has 1 N–H and O–H groups in total. The molecule has 0 saturated carbocycles. The number of carbonyl (C=O) groups excluding carboxylic acids is 1. The SMILES string of the molecule is CC(C)[C@H](NC(=O)C[S@](=O)Cc1cnn(-c2ccccc2)c1-n1cccc1)c1cccs1. The Morgan fingerprint density at radius 3 is 2.50 bits per heavy atom. The molecule has 166 valence electrons. The van der Waals surface area contributed by atoms with Crippen LogP contribution in [-0.4, -0.2) is 30.2 Å². The van der Waals surface area contributed by atoms with Crippen molar-refractivity contribution >= 4 is 28.0 Å². The summed E-state index contributed by atoms with van der Waals surface area (Å²) in [6.45, 7) is 4.14. The lowest BCUT2D eigenvalue weighted by Gasteiger charge is -2.21. The standard InChI is InChI=1S/C24H26N4O2S2/c1-18(2)23(21-11-8-14-31-21)26-22(29)17-32(30)16-19-15-25-28(20-9-4-3-5-10-20)24(19)27-12-6-7-13-27/h3-15,18,23H,16-17H2,1-2H3,(H,26,29)/t23-,32+/m0/s1. The van der Waals surface area contributed by atoms with E-state index in [1.165, 1.54) is 0 Å². The van der Waals surface area contributed by atoms with E-state index in [-0.39, 0.29) is 29.4 Å². The molecule has 4 rings (SSSR count). The molecule has 0 unspecified atom stereocenters. The van der Waals surface area contributed by atoms with Crippen molar-refractivity contribution in [2.24, 2.45) is 5.92 Å². The van der Waals surface area contributed by atoms with Crippen molar-refractivity contribution in [1.29, 1.82) is 0 Å². The number of nitrogens with zero attached hydrogens (tertiary/aromatic N) is 3. The average molecular weight is 467 g/mol. The van der Waals surface area contributed by atoms with E-state index in [4.69, 9.17) is 0 Å². The fraction of sp³-hybridized carbons (Fsp3) is 0.250. The largest absolute Gasteiger partial charge is 0.347 e. The molecule has 0 aliphatic carbocycles. The van der Waals surface area contributed by atoms with Gasteiger partial charge in [-0.25, -0.2) is 4.68 Å². The molecule has 1 aromatic carbocycles. The van der Waals surface area contributed by atoms with Gasteiger partial charge >= 0.3 is 0 Å². The highest BCUT2D eigenvalue weighted by atomic mass is 32.2. The summed E-state index contributed by atoms with van der Waals surface area (Å²) in [6.07, 6.45) is 5.61. The molecule has 2 atom stereocenters. The molecule has 1 amide bonds. The Bertz CT molecular complexity index is 1170. The van der Waals surface area contributed by atoms with E-state index >= 15 is 0 Å². The summed E-state index contributed by atoms with van der Waals surface area (Å²) in [5, 5.41) is 9.61. The summed E-state index contributed by atoms with van der Waals surface area (Å²) in [5.41, 5.74) is 1.75. The number of carbonyl (C=O) groups is 1. The molecule has 0 aliphatic heterocycles. The molecule has 32 heavy (non-hydrogen) atoms. The van der Waals surface area contributed by atoms with Crippen molar-refractivity contribution in [2.45, 2.75) is 25.6 Å². The van der Waals surface area contributed by atoms with Crippen LogP contribution in [0.15, 0.2) is 78.6 Å².